The lowest BCUT2D eigenvalue weighted by atomic mass is 10.0. The van der Waals surface area contributed by atoms with E-state index in [0.717, 1.165) is 17.0 Å². The average molecular weight is 346 g/mol. The van der Waals surface area contributed by atoms with Gasteiger partial charge >= 0.3 is 5.97 Å². The van der Waals surface area contributed by atoms with Crippen LogP contribution in [0.25, 0.3) is 0 Å². The number of H-pyrrole nitrogens is 1. The minimum absolute atomic E-state index is 0.255. The number of thioether (sulfide) groups is 1. The Balaban J connectivity index is 2.36. The third-order valence-corrected chi connectivity index (χ3v) is 4.46. The van der Waals surface area contributed by atoms with E-state index in [1.165, 1.54) is 7.11 Å². The molecule has 1 amide bonds. The second-order valence-electron chi connectivity index (χ2n) is 5.41. The smallest absolute Gasteiger partial charge is 0.339 e. The molecular weight excluding hydrogens is 324 g/mol. The molecule has 2 rings (SSSR count). The molecule has 0 unspecified atom stereocenters. The average Bonchev–Trinajstić information content (AvgIpc) is 2.91. The molecule has 0 aliphatic carbocycles. The Bertz CT molecular complexity index is 753. The van der Waals surface area contributed by atoms with Gasteiger partial charge in [-0.25, -0.2) is 4.79 Å². The van der Waals surface area contributed by atoms with Crippen LogP contribution in [0.3, 0.4) is 0 Å². The van der Waals surface area contributed by atoms with Crippen LogP contribution in [-0.4, -0.2) is 30.2 Å². The molecule has 2 aromatic rings. The summed E-state index contributed by atoms with van der Waals surface area (Å²) >= 11 is 1.61. The molecule has 24 heavy (non-hydrogen) atoms. The fourth-order valence-electron chi connectivity index (χ4n) is 2.64. The molecule has 128 valence electrons. The first-order valence-electron chi connectivity index (χ1n) is 7.77. The predicted octanol–water partition coefficient (Wildman–Crippen LogP) is 4.04. The summed E-state index contributed by atoms with van der Waals surface area (Å²) in [7, 11) is 1.35. The largest absolute Gasteiger partial charge is 0.465 e. The van der Waals surface area contributed by atoms with Gasteiger partial charge in [0.05, 0.1) is 12.7 Å². The van der Waals surface area contributed by atoms with Gasteiger partial charge in [-0.1, -0.05) is 19.4 Å². The molecule has 1 aromatic carbocycles. The molecule has 0 spiro atoms. The van der Waals surface area contributed by atoms with Crippen LogP contribution < -0.4 is 5.32 Å². The molecule has 0 saturated heterocycles. The number of aromatic nitrogens is 1. The zero-order valence-electron chi connectivity index (χ0n) is 14.4. The number of esters is 1. The van der Waals surface area contributed by atoms with Gasteiger partial charge in [0.2, 0.25) is 0 Å². The van der Waals surface area contributed by atoms with E-state index in [4.69, 9.17) is 4.74 Å². The number of amides is 1. The molecule has 2 N–H and O–H groups in total. The van der Waals surface area contributed by atoms with Crippen molar-refractivity contribution in [2.45, 2.75) is 31.6 Å². The number of nitrogens with one attached hydrogen (secondary N) is 2. The zero-order chi connectivity index (χ0) is 17.7. The molecule has 0 aliphatic heterocycles. The third-order valence-electron chi connectivity index (χ3n) is 3.74. The van der Waals surface area contributed by atoms with Crippen LogP contribution in [0.1, 0.15) is 45.4 Å². The summed E-state index contributed by atoms with van der Waals surface area (Å²) in [6.45, 7) is 3.78. The van der Waals surface area contributed by atoms with E-state index < -0.39 is 5.97 Å². The number of carbonyl (C=O) groups excluding carboxylic acids is 2. The Morgan fingerprint density at radius 2 is 2.08 bits per heavy atom. The van der Waals surface area contributed by atoms with Crippen LogP contribution in [0.2, 0.25) is 0 Å². The van der Waals surface area contributed by atoms with Crippen LogP contribution in [-0.2, 0) is 11.2 Å². The highest BCUT2D eigenvalue weighted by molar-refractivity contribution is 7.98. The lowest BCUT2D eigenvalue weighted by molar-refractivity contribution is 0.0599. The van der Waals surface area contributed by atoms with E-state index >= 15 is 0 Å². The van der Waals surface area contributed by atoms with Crippen molar-refractivity contribution in [2.24, 2.45) is 0 Å². The molecule has 0 bridgehead atoms. The van der Waals surface area contributed by atoms with Gasteiger partial charge in [0.1, 0.15) is 5.69 Å². The summed E-state index contributed by atoms with van der Waals surface area (Å²) in [5.74, 6) is -0.675. The number of hydrogen-bond acceptors (Lipinski definition) is 4. The molecule has 5 nitrogen and oxygen atoms in total. The van der Waals surface area contributed by atoms with Crippen LogP contribution in [0.4, 0.5) is 5.69 Å². The van der Waals surface area contributed by atoms with E-state index in [1.54, 1.807) is 18.7 Å². The molecule has 1 aromatic heterocycles. The molecule has 0 radical (unpaired) electrons. The highest BCUT2D eigenvalue weighted by Crippen LogP contribution is 2.24. The van der Waals surface area contributed by atoms with E-state index in [9.17, 15) is 9.59 Å². The van der Waals surface area contributed by atoms with Gasteiger partial charge in [-0.3, -0.25) is 4.79 Å². The fourth-order valence-corrected chi connectivity index (χ4v) is 3.10. The maximum atomic E-state index is 12.7. The zero-order valence-corrected chi connectivity index (χ0v) is 15.2. The number of aryl methyl sites for hydroxylation is 1. The Morgan fingerprint density at radius 3 is 2.71 bits per heavy atom. The number of rotatable bonds is 6. The van der Waals surface area contributed by atoms with Crippen LogP contribution >= 0.6 is 11.8 Å². The van der Waals surface area contributed by atoms with Gasteiger partial charge in [-0.15, -0.1) is 11.8 Å². The second kappa shape index (κ2) is 8.06. The van der Waals surface area contributed by atoms with E-state index in [1.807, 2.05) is 37.4 Å². The first-order valence-corrected chi connectivity index (χ1v) is 8.99. The number of carbonyl (C=O) groups is 2. The van der Waals surface area contributed by atoms with Crippen LogP contribution in [0.15, 0.2) is 29.2 Å². The van der Waals surface area contributed by atoms with Crippen LogP contribution in [0.5, 0.6) is 0 Å². The molecule has 0 fully saturated rings. The Labute approximate surface area is 146 Å². The van der Waals surface area contributed by atoms with Gasteiger partial charge in [0, 0.05) is 16.3 Å². The van der Waals surface area contributed by atoms with Crippen molar-refractivity contribution in [3.63, 3.8) is 0 Å². The van der Waals surface area contributed by atoms with Gasteiger partial charge in [-0.2, -0.15) is 0 Å². The number of methoxy groups -OCH3 is 1. The van der Waals surface area contributed by atoms with Crippen molar-refractivity contribution in [3.8, 4) is 0 Å². The summed E-state index contributed by atoms with van der Waals surface area (Å²) in [5.41, 5.74) is 2.96. The van der Waals surface area contributed by atoms with Crippen molar-refractivity contribution < 1.29 is 14.3 Å². The van der Waals surface area contributed by atoms with E-state index in [0.29, 0.717) is 28.9 Å². The highest BCUT2D eigenvalue weighted by Gasteiger charge is 2.24. The summed E-state index contributed by atoms with van der Waals surface area (Å²) in [6, 6.07) is 7.64. The molecule has 6 heteroatoms. The van der Waals surface area contributed by atoms with Crippen molar-refractivity contribution in [1.82, 2.24) is 4.98 Å². The van der Waals surface area contributed by atoms with E-state index in [2.05, 4.69) is 10.3 Å². The summed E-state index contributed by atoms with van der Waals surface area (Å²) in [4.78, 5) is 28.8. The number of benzene rings is 1. The first kappa shape index (κ1) is 18.1. The Morgan fingerprint density at radius 1 is 1.33 bits per heavy atom. The summed E-state index contributed by atoms with van der Waals surface area (Å²) < 4.78 is 4.85. The minimum atomic E-state index is -0.421. The number of anilines is 1. The topological polar surface area (TPSA) is 71.2 Å². The Hall–Kier alpha value is -2.21. The maximum Gasteiger partial charge on any atom is 0.339 e. The van der Waals surface area contributed by atoms with Gasteiger partial charge < -0.3 is 15.0 Å². The van der Waals surface area contributed by atoms with Crippen molar-refractivity contribution in [3.05, 3.63) is 46.8 Å². The van der Waals surface area contributed by atoms with Crippen molar-refractivity contribution >= 4 is 29.3 Å². The Kier molecular flexibility index (Phi) is 6.09. The van der Waals surface area contributed by atoms with E-state index in [-0.39, 0.29) is 5.91 Å². The van der Waals surface area contributed by atoms with Gasteiger partial charge in [-0.05, 0) is 43.4 Å². The van der Waals surface area contributed by atoms with Crippen LogP contribution in [0, 0.1) is 6.92 Å². The SMILES string of the molecule is CCCc1c(C(=O)Nc2cccc(SC)c2)[nH]c(C)c1C(=O)OC. The quantitative estimate of drug-likeness (QED) is 0.612. The number of aromatic amines is 1. The summed E-state index contributed by atoms with van der Waals surface area (Å²) in [6.07, 6.45) is 3.43. The maximum absolute atomic E-state index is 12.7. The predicted molar refractivity (Wildman–Crippen MR) is 97.0 cm³/mol. The normalized spacial score (nSPS) is 10.5. The van der Waals surface area contributed by atoms with Gasteiger partial charge in [0.25, 0.3) is 5.91 Å². The molecule has 0 atom stereocenters. The molecule has 1 heterocycles. The molecular formula is C18H22N2O3S. The van der Waals surface area contributed by atoms with Crippen molar-refractivity contribution in [2.75, 3.05) is 18.7 Å². The fraction of sp³-hybridized carbons (Fsp3) is 0.333. The second-order valence-corrected chi connectivity index (χ2v) is 6.29. The lowest BCUT2D eigenvalue weighted by Crippen LogP contribution is -2.15. The number of ether oxygens (including phenoxy) is 1. The number of hydrogen-bond donors (Lipinski definition) is 2. The lowest BCUT2D eigenvalue weighted by Gasteiger charge is -2.08. The van der Waals surface area contributed by atoms with Crippen molar-refractivity contribution in [1.29, 1.82) is 0 Å². The third kappa shape index (κ3) is 3.82. The molecule has 0 aliphatic rings. The monoisotopic (exact) mass is 346 g/mol. The standard InChI is InChI=1S/C18H22N2O3S/c1-5-7-14-15(18(22)23-3)11(2)19-16(14)17(21)20-12-8-6-9-13(10-12)24-4/h6,8-10,19H,5,7H2,1-4H3,(H,20,21). The summed E-state index contributed by atoms with van der Waals surface area (Å²) in [5, 5.41) is 2.89. The molecule has 0 saturated carbocycles. The first-order chi connectivity index (χ1) is 11.5. The van der Waals surface area contributed by atoms with Gasteiger partial charge in [0.15, 0.2) is 0 Å². The highest BCUT2D eigenvalue weighted by atomic mass is 32.2. The minimum Gasteiger partial charge on any atom is -0.465 e.